The SMILES string of the molecule is NC1CCCc2cn(CC3CC4CCC3C4)cc21. The smallest absolute Gasteiger partial charge is 0.0312 e. The molecule has 0 radical (unpaired) electrons. The van der Waals surface area contributed by atoms with Crippen molar-refractivity contribution in [3.8, 4) is 0 Å². The predicted molar refractivity (Wildman–Crippen MR) is 73.2 cm³/mol. The Labute approximate surface area is 110 Å². The first-order valence-electron chi connectivity index (χ1n) is 7.73. The fraction of sp³-hybridized carbons (Fsp3) is 0.750. The zero-order valence-corrected chi connectivity index (χ0v) is 11.1. The first-order chi connectivity index (χ1) is 8.79. The second kappa shape index (κ2) is 4.12. The van der Waals surface area contributed by atoms with Crippen molar-refractivity contribution in [3.63, 3.8) is 0 Å². The Bertz CT molecular complexity index is 448. The number of hydrogen-bond acceptors (Lipinski definition) is 1. The van der Waals surface area contributed by atoms with E-state index in [-0.39, 0.29) is 0 Å². The van der Waals surface area contributed by atoms with Crippen LogP contribution in [-0.2, 0) is 13.0 Å². The fourth-order valence-electron chi connectivity index (χ4n) is 4.76. The van der Waals surface area contributed by atoms with Crippen LogP contribution in [0.5, 0.6) is 0 Å². The third-order valence-electron chi connectivity index (χ3n) is 5.69. The summed E-state index contributed by atoms with van der Waals surface area (Å²) >= 11 is 0. The molecule has 3 aliphatic rings. The van der Waals surface area contributed by atoms with E-state index in [9.17, 15) is 0 Å². The highest BCUT2D eigenvalue weighted by Gasteiger charge is 2.39. The highest BCUT2D eigenvalue weighted by atomic mass is 15.0. The lowest BCUT2D eigenvalue weighted by atomic mass is 9.89. The molecule has 0 aromatic carbocycles. The third kappa shape index (κ3) is 1.73. The molecule has 3 aliphatic carbocycles. The summed E-state index contributed by atoms with van der Waals surface area (Å²) < 4.78 is 2.46. The van der Waals surface area contributed by atoms with Gasteiger partial charge in [0.15, 0.2) is 0 Å². The van der Waals surface area contributed by atoms with Crippen LogP contribution in [0.25, 0.3) is 0 Å². The first-order valence-corrected chi connectivity index (χ1v) is 7.73. The van der Waals surface area contributed by atoms with Gasteiger partial charge in [-0.25, -0.2) is 0 Å². The maximum absolute atomic E-state index is 6.22. The molecule has 0 spiro atoms. The number of aryl methyl sites for hydroxylation is 1. The number of nitrogens with two attached hydrogens (primary N) is 1. The molecule has 4 unspecified atom stereocenters. The van der Waals surface area contributed by atoms with E-state index in [2.05, 4.69) is 17.0 Å². The minimum atomic E-state index is 0.301. The minimum Gasteiger partial charge on any atom is -0.353 e. The molecule has 2 nitrogen and oxygen atoms in total. The predicted octanol–water partition coefficient (Wildman–Crippen LogP) is 3.26. The van der Waals surface area contributed by atoms with Crippen LogP contribution in [0.4, 0.5) is 0 Å². The Morgan fingerprint density at radius 3 is 2.83 bits per heavy atom. The molecule has 0 amide bonds. The molecule has 1 aromatic heterocycles. The van der Waals surface area contributed by atoms with Gasteiger partial charge in [-0.15, -0.1) is 0 Å². The number of hydrogen-bond donors (Lipinski definition) is 1. The Morgan fingerprint density at radius 1 is 1.17 bits per heavy atom. The molecule has 2 fully saturated rings. The van der Waals surface area contributed by atoms with Gasteiger partial charge >= 0.3 is 0 Å². The molecule has 98 valence electrons. The van der Waals surface area contributed by atoms with Crippen molar-refractivity contribution in [2.24, 2.45) is 23.5 Å². The molecule has 2 bridgehead atoms. The van der Waals surface area contributed by atoms with E-state index >= 15 is 0 Å². The van der Waals surface area contributed by atoms with E-state index in [1.807, 2.05) is 0 Å². The molecule has 18 heavy (non-hydrogen) atoms. The van der Waals surface area contributed by atoms with Gasteiger partial charge in [0.25, 0.3) is 0 Å². The summed E-state index contributed by atoms with van der Waals surface area (Å²) in [5, 5.41) is 0. The summed E-state index contributed by atoms with van der Waals surface area (Å²) in [5.41, 5.74) is 9.17. The van der Waals surface area contributed by atoms with Crippen molar-refractivity contribution in [1.29, 1.82) is 0 Å². The van der Waals surface area contributed by atoms with E-state index in [0.717, 1.165) is 17.8 Å². The summed E-state index contributed by atoms with van der Waals surface area (Å²) in [5.74, 6) is 3.05. The second-order valence-electron chi connectivity index (χ2n) is 6.87. The van der Waals surface area contributed by atoms with Crippen LogP contribution in [0.3, 0.4) is 0 Å². The number of rotatable bonds is 2. The van der Waals surface area contributed by atoms with Gasteiger partial charge in [-0.3, -0.25) is 0 Å². The van der Waals surface area contributed by atoms with Crippen molar-refractivity contribution in [3.05, 3.63) is 23.5 Å². The number of fused-ring (bicyclic) bond motifs is 3. The van der Waals surface area contributed by atoms with Gasteiger partial charge < -0.3 is 10.3 Å². The maximum Gasteiger partial charge on any atom is 0.0312 e. The Kier molecular flexibility index (Phi) is 2.54. The average molecular weight is 244 g/mol. The van der Waals surface area contributed by atoms with Crippen LogP contribution in [0.2, 0.25) is 0 Å². The van der Waals surface area contributed by atoms with Gasteiger partial charge in [0, 0.05) is 25.0 Å². The van der Waals surface area contributed by atoms with E-state index < -0.39 is 0 Å². The van der Waals surface area contributed by atoms with Crippen LogP contribution in [-0.4, -0.2) is 4.57 Å². The fourth-order valence-corrected chi connectivity index (χ4v) is 4.76. The Morgan fingerprint density at radius 2 is 2.11 bits per heavy atom. The lowest BCUT2D eigenvalue weighted by Crippen LogP contribution is -2.16. The van der Waals surface area contributed by atoms with E-state index in [1.165, 1.54) is 62.6 Å². The molecule has 2 heteroatoms. The van der Waals surface area contributed by atoms with Gasteiger partial charge in [0.05, 0.1) is 0 Å². The molecule has 1 heterocycles. The van der Waals surface area contributed by atoms with Crippen molar-refractivity contribution >= 4 is 0 Å². The van der Waals surface area contributed by atoms with E-state index in [1.54, 1.807) is 0 Å². The molecule has 4 atom stereocenters. The molecule has 4 rings (SSSR count). The standard InChI is InChI=1S/C16H24N2/c17-16-3-1-2-13-8-18(10-15(13)16)9-14-7-11-4-5-12(14)6-11/h8,10-12,14,16H,1-7,9,17H2. The van der Waals surface area contributed by atoms with Crippen molar-refractivity contribution in [1.82, 2.24) is 4.57 Å². The Hall–Kier alpha value is -0.760. The summed E-state index contributed by atoms with van der Waals surface area (Å²) in [6, 6.07) is 0.301. The summed E-state index contributed by atoms with van der Waals surface area (Å²) in [6.07, 6.45) is 14.4. The van der Waals surface area contributed by atoms with Crippen molar-refractivity contribution in [2.75, 3.05) is 0 Å². The minimum absolute atomic E-state index is 0.301. The normalized spacial score (nSPS) is 38.1. The molecule has 1 aromatic rings. The zero-order valence-electron chi connectivity index (χ0n) is 11.1. The van der Waals surface area contributed by atoms with Crippen LogP contribution >= 0.6 is 0 Å². The molecular formula is C16H24N2. The van der Waals surface area contributed by atoms with Crippen LogP contribution in [0, 0.1) is 17.8 Å². The van der Waals surface area contributed by atoms with Crippen molar-refractivity contribution in [2.45, 2.75) is 57.5 Å². The van der Waals surface area contributed by atoms with Crippen LogP contribution < -0.4 is 5.73 Å². The first kappa shape index (κ1) is 11.1. The average Bonchev–Trinajstić information content (AvgIpc) is 3.03. The molecular weight excluding hydrogens is 220 g/mol. The second-order valence-corrected chi connectivity index (χ2v) is 6.87. The quantitative estimate of drug-likeness (QED) is 0.850. The summed E-state index contributed by atoms with van der Waals surface area (Å²) in [7, 11) is 0. The van der Waals surface area contributed by atoms with E-state index in [4.69, 9.17) is 5.73 Å². The molecule has 0 aliphatic heterocycles. The molecule has 0 saturated heterocycles. The number of nitrogens with zero attached hydrogens (tertiary/aromatic N) is 1. The van der Waals surface area contributed by atoms with Gasteiger partial charge in [-0.05, 0) is 67.4 Å². The monoisotopic (exact) mass is 244 g/mol. The van der Waals surface area contributed by atoms with Crippen LogP contribution in [0.1, 0.15) is 55.7 Å². The summed E-state index contributed by atoms with van der Waals surface area (Å²) in [4.78, 5) is 0. The van der Waals surface area contributed by atoms with E-state index in [0.29, 0.717) is 6.04 Å². The van der Waals surface area contributed by atoms with Crippen LogP contribution in [0.15, 0.2) is 12.4 Å². The summed E-state index contributed by atoms with van der Waals surface area (Å²) in [6.45, 7) is 1.25. The Balaban J connectivity index is 1.52. The lowest BCUT2D eigenvalue weighted by molar-refractivity contribution is 0.296. The maximum atomic E-state index is 6.22. The third-order valence-corrected chi connectivity index (χ3v) is 5.69. The van der Waals surface area contributed by atoms with Gasteiger partial charge in [0.1, 0.15) is 0 Å². The van der Waals surface area contributed by atoms with Gasteiger partial charge in [0.2, 0.25) is 0 Å². The zero-order chi connectivity index (χ0) is 12.1. The molecule has 2 saturated carbocycles. The van der Waals surface area contributed by atoms with Crippen molar-refractivity contribution < 1.29 is 0 Å². The topological polar surface area (TPSA) is 30.9 Å². The molecule has 2 N–H and O–H groups in total. The largest absolute Gasteiger partial charge is 0.353 e. The van der Waals surface area contributed by atoms with Gasteiger partial charge in [-0.2, -0.15) is 0 Å². The highest BCUT2D eigenvalue weighted by Crippen LogP contribution is 2.49. The lowest BCUT2D eigenvalue weighted by Gasteiger charge is -2.22. The highest BCUT2D eigenvalue weighted by molar-refractivity contribution is 5.30. The van der Waals surface area contributed by atoms with Gasteiger partial charge in [-0.1, -0.05) is 6.42 Å². The number of aromatic nitrogens is 1.